The van der Waals surface area contributed by atoms with Gasteiger partial charge in [-0.3, -0.25) is 14.5 Å². The van der Waals surface area contributed by atoms with E-state index in [1.165, 1.54) is 15.8 Å². The molecule has 2 aliphatic rings. The number of para-hydroxylation sites is 1. The second kappa shape index (κ2) is 4.32. The van der Waals surface area contributed by atoms with E-state index in [1.807, 2.05) is 12.1 Å². The molecule has 1 aliphatic carbocycles. The van der Waals surface area contributed by atoms with E-state index < -0.39 is 0 Å². The predicted octanol–water partition coefficient (Wildman–Crippen LogP) is 2.93. The summed E-state index contributed by atoms with van der Waals surface area (Å²) in [5, 5.41) is 1.20. The lowest BCUT2D eigenvalue weighted by Crippen LogP contribution is -2.40. The molecule has 1 aromatic heterocycles. The zero-order chi connectivity index (χ0) is 15.6. The summed E-state index contributed by atoms with van der Waals surface area (Å²) in [6.07, 6.45) is 1.43. The van der Waals surface area contributed by atoms with Gasteiger partial charge in [0.25, 0.3) is 11.8 Å². The van der Waals surface area contributed by atoms with Crippen LogP contribution in [0.2, 0.25) is 0 Å². The van der Waals surface area contributed by atoms with Gasteiger partial charge in [-0.25, -0.2) is 0 Å². The molecule has 1 aliphatic heterocycles. The van der Waals surface area contributed by atoms with E-state index in [0.29, 0.717) is 17.5 Å². The molecule has 2 heterocycles. The Bertz CT molecular complexity index is 951. The number of amides is 2. The van der Waals surface area contributed by atoms with Gasteiger partial charge in [-0.05, 0) is 30.2 Å². The third-order valence-corrected chi connectivity index (χ3v) is 4.97. The molecule has 5 rings (SSSR count). The number of hydrogen-bond donors (Lipinski definition) is 1. The van der Waals surface area contributed by atoms with E-state index >= 15 is 0 Å². The molecule has 0 bridgehead atoms. The third kappa shape index (κ3) is 1.60. The van der Waals surface area contributed by atoms with E-state index in [-0.39, 0.29) is 17.9 Å². The average molecular weight is 302 g/mol. The van der Waals surface area contributed by atoms with Crippen LogP contribution in [0.5, 0.6) is 0 Å². The smallest absolute Gasteiger partial charge is 0.261 e. The van der Waals surface area contributed by atoms with Crippen LogP contribution >= 0.6 is 0 Å². The molecular formula is C19H14N2O2. The van der Waals surface area contributed by atoms with Crippen LogP contribution in [0.4, 0.5) is 0 Å². The number of carbonyl (C=O) groups excluding carboxylic acids is 2. The number of rotatable bonds is 1. The van der Waals surface area contributed by atoms with Crippen LogP contribution in [0.25, 0.3) is 10.9 Å². The Hall–Kier alpha value is -2.88. The Balaban J connectivity index is 1.53. The number of aromatic amines is 1. The highest BCUT2D eigenvalue weighted by Gasteiger charge is 2.42. The van der Waals surface area contributed by atoms with Gasteiger partial charge in [-0.2, -0.15) is 0 Å². The van der Waals surface area contributed by atoms with Crippen molar-refractivity contribution in [1.29, 1.82) is 0 Å². The molecule has 3 aromatic rings. The fourth-order valence-corrected chi connectivity index (χ4v) is 3.93. The van der Waals surface area contributed by atoms with E-state index in [9.17, 15) is 9.59 Å². The Kier molecular flexibility index (Phi) is 2.37. The van der Waals surface area contributed by atoms with Crippen molar-refractivity contribution in [1.82, 2.24) is 9.88 Å². The molecule has 0 saturated carbocycles. The first-order valence-corrected chi connectivity index (χ1v) is 7.79. The largest absolute Gasteiger partial charge is 0.358 e. The third-order valence-electron chi connectivity index (χ3n) is 4.97. The Morgan fingerprint density at radius 1 is 0.870 bits per heavy atom. The van der Waals surface area contributed by atoms with Gasteiger partial charge in [0.15, 0.2) is 0 Å². The van der Waals surface area contributed by atoms with E-state index in [4.69, 9.17) is 0 Å². The SMILES string of the molecule is O=C1c2ccccc2C(=O)N1C1Cc2[nH]c3ccccc3c2C1. The minimum Gasteiger partial charge on any atom is -0.358 e. The van der Waals surface area contributed by atoms with Gasteiger partial charge in [0, 0.05) is 29.1 Å². The first kappa shape index (κ1) is 12.6. The van der Waals surface area contributed by atoms with Gasteiger partial charge in [-0.15, -0.1) is 0 Å². The van der Waals surface area contributed by atoms with Crippen molar-refractivity contribution < 1.29 is 9.59 Å². The Morgan fingerprint density at radius 2 is 1.52 bits per heavy atom. The lowest BCUT2D eigenvalue weighted by atomic mass is 10.1. The summed E-state index contributed by atoms with van der Waals surface area (Å²) in [7, 11) is 0. The van der Waals surface area contributed by atoms with Crippen molar-refractivity contribution in [2.45, 2.75) is 18.9 Å². The monoisotopic (exact) mass is 302 g/mol. The molecule has 4 heteroatoms. The number of fused-ring (bicyclic) bond motifs is 4. The Morgan fingerprint density at radius 3 is 2.26 bits per heavy atom. The summed E-state index contributed by atoms with van der Waals surface area (Å²) < 4.78 is 0. The zero-order valence-corrected chi connectivity index (χ0v) is 12.4. The van der Waals surface area contributed by atoms with Crippen LogP contribution in [0.3, 0.4) is 0 Å². The Labute approximate surface area is 132 Å². The van der Waals surface area contributed by atoms with Gasteiger partial charge >= 0.3 is 0 Å². The highest BCUT2D eigenvalue weighted by molar-refractivity contribution is 6.21. The van der Waals surface area contributed by atoms with Crippen molar-refractivity contribution in [3.05, 3.63) is 70.9 Å². The van der Waals surface area contributed by atoms with Crippen LogP contribution in [0, 0.1) is 0 Å². The van der Waals surface area contributed by atoms with Gasteiger partial charge in [0.1, 0.15) is 0 Å². The number of benzene rings is 2. The lowest BCUT2D eigenvalue weighted by molar-refractivity contribution is 0.0590. The maximum absolute atomic E-state index is 12.6. The molecule has 0 saturated heterocycles. The van der Waals surface area contributed by atoms with Crippen LogP contribution in [-0.4, -0.2) is 27.7 Å². The molecule has 1 unspecified atom stereocenters. The second-order valence-corrected chi connectivity index (χ2v) is 6.22. The number of nitrogens with one attached hydrogen (secondary N) is 1. The average Bonchev–Trinajstić information content (AvgIpc) is 3.19. The number of hydrogen-bond acceptors (Lipinski definition) is 2. The summed E-state index contributed by atoms with van der Waals surface area (Å²) in [5.41, 5.74) is 4.56. The van der Waals surface area contributed by atoms with Crippen LogP contribution in [0.1, 0.15) is 32.0 Å². The summed E-state index contributed by atoms with van der Waals surface area (Å²) in [4.78, 5) is 30.1. The van der Waals surface area contributed by atoms with Crippen molar-refractivity contribution >= 4 is 22.7 Å². The first-order chi connectivity index (χ1) is 11.2. The van der Waals surface area contributed by atoms with Crippen molar-refractivity contribution in [3.8, 4) is 0 Å². The van der Waals surface area contributed by atoms with E-state index in [1.54, 1.807) is 24.3 Å². The van der Waals surface area contributed by atoms with Gasteiger partial charge in [0.2, 0.25) is 0 Å². The van der Waals surface area contributed by atoms with Gasteiger partial charge in [-0.1, -0.05) is 30.3 Å². The molecule has 0 radical (unpaired) electrons. The second-order valence-electron chi connectivity index (χ2n) is 6.22. The number of aromatic nitrogens is 1. The maximum Gasteiger partial charge on any atom is 0.261 e. The number of H-pyrrole nitrogens is 1. The van der Waals surface area contributed by atoms with E-state index in [2.05, 4.69) is 17.1 Å². The summed E-state index contributed by atoms with van der Waals surface area (Å²) >= 11 is 0. The van der Waals surface area contributed by atoms with Crippen LogP contribution in [0.15, 0.2) is 48.5 Å². The molecule has 23 heavy (non-hydrogen) atoms. The zero-order valence-electron chi connectivity index (χ0n) is 12.4. The normalized spacial score (nSPS) is 19.5. The predicted molar refractivity (Wildman–Crippen MR) is 86.4 cm³/mol. The van der Waals surface area contributed by atoms with Gasteiger partial charge in [0.05, 0.1) is 11.1 Å². The van der Waals surface area contributed by atoms with Gasteiger partial charge < -0.3 is 4.98 Å². The number of nitrogens with zero attached hydrogens (tertiary/aromatic N) is 1. The molecule has 2 amide bonds. The number of carbonyl (C=O) groups is 2. The lowest BCUT2D eigenvalue weighted by Gasteiger charge is -2.21. The minimum absolute atomic E-state index is 0.0896. The molecule has 2 aromatic carbocycles. The standard InChI is InChI=1S/C19H14N2O2/c22-18-13-6-1-2-7-14(13)19(23)21(18)11-9-15-12-5-3-4-8-16(12)20-17(15)10-11/h1-8,11,20H,9-10H2. The molecule has 0 spiro atoms. The summed E-state index contributed by atoms with van der Waals surface area (Å²) in [5.74, 6) is -0.324. The van der Waals surface area contributed by atoms with Crippen LogP contribution in [-0.2, 0) is 12.8 Å². The molecule has 1 atom stereocenters. The maximum atomic E-state index is 12.6. The minimum atomic E-state index is -0.162. The fraction of sp³-hybridized carbons (Fsp3) is 0.158. The highest BCUT2D eigenvalue weighted by Crippen LogP contribution is 2.35. The van der Waals surface area contributed by atoms with Crippen molar-refractivity contribution in [2.75, 3.05) is 0 Å². The summed E-state index contributed by atoms with van der Waals surface area (Å²) in [6.45, 7) is 0. The molecule has 1 N–H and O–H groups in total. The highest BCUT2D eigenvalue weighted by atomic mass is 16.2. The first-order valence-electron chi connectivity index (χ1n) is 7.79. The molecule has 112 valence electrons. The molecule has 4 nitrogen and oxygen atoms in total. The molecule has 0 fully saturated rings. The van der Waals surface area contributed by atoms with Crippen LogP contribution < -0.4 is 0 Å². The topological polar surface area (TPSA) is 53.2 Å². The fourth-order valence-electron chi connectivity index (χ4n) is 3.93. The molecular weight excluding hydrogens is 288 g/mol. The quantitative estimate of drug-likeness (QED) is 0.703. The number of imide groups is 1. The van der Waals surface area contributed by atoms with E-state index in [0.717, 1.165) is 17.6 Å². The van der Waals surface area contributed by atoms with Crippen molar-refractivity contribution in [3.63, 3.8) is 0 Å². The van der Waals surface area contributed by atoms with Crippen molar-refractivity contribution in [2.24, 2.45) is 0 Å². The summed E-state index contributed by atoms with van der Waals surface area (Å²) in [6, 6.07) is 15.2.